The van der Waals surface area contributed by atoms with Gasteiger partial charge in [-0.3, -0.25) is 9.59 Å². The first-order valence-electron chi connectivity index (χ1n) is 8.14. The molecular formula is C17H23N5O2S. The predicted octanol–water partition coefficient (Wildman–Crippen LogP) is 2.34. The summed E-state index contributed by atoms with van der Waals surface area (Å²) in [4.78, 5) is 26.1. The Kier molecular flexibility index (Phi) is 6.58. The number of nitrogens with zero attached hydrogens (tertiary/aromatic N) is 4. The van der Waals surface area contributed by atoms with Crippen LogP contribution in [0.15, 0.2) is 29.4 Å². The zero-order valence-corrected chi connectivity index (χ0v) is 15.8. The lowest BCUT2D eigenvalue weighted by Gasteiger charge is -2.18. The number of hydrogen-bond acceptors (Lipinski definition) is 5. The van der Waals surface area contributed by atoms with E-state index in [0.29, 0.717) is 29.5 Å². The summed E-state index contributed by atoms with van der Waals surface area (Å²) in [6.45, 7) is 7.11. The maximum Gasteiger partial charge on any atom is 0.253 e. The maximum atomic E-state index is 12.3. The summed E-state index contributed by atoms with van der Waals surface area (Å²) >= 11 is 1.33. The van der Waals surface area contributed by atoms with Gasteiger partial charge in [0.05, 0.1) is 5.75 Å². The molecule has 134 valence electrons. The van der Waals surface area contributed by atoms with Crippen molar-refractivity contribution in [2.75, 3.05) is 24.2 Å². The highest BCUT2D eigenvalue weighted by molar-refractivity contribution is 7.99. The molecule has 0 bridgehead atoms. The number of thioether (sulfide) groups is 1. The molecule has 0 saturated heterocycles. The van der Waals surface area contributed by atoms with Crippen LogP contribution in [0.4, 0.5) is 5.69 Å². The average Bonchev–Trinajstić information content (AvgIpc) is 2.93. The van der Waals surface area contributed by atoms with Gasteiger partial charge in [-0.05, 0) is 45.0 Å². The number of carbonyl (C=O) groups excluding carboxylic acids is 2. The first-order valence-corrected chi connectivity index (χ1v) is 9.12. The molecule has 0 aliphatic rings. The summed E-state index contributed by atoms with van der Waals surface area (Å²) in [5.41, 5.74) is 1.28. The molecule has 0 atom stereocenters. The third kappa shape index (κ3) is 4.82. The number of hydrogen-bond donors (Lipinski definition) is 1. The number of anilines is 1. The highest BCUT2D eigenvalue weighted by Gasteiger charge is 2.13. The molecule has 0 fully saturated rings. The minimum Gasteiger partial charge on any atom is -0.339 e. The number of amides is 2. The van der Waals surface area contributed by atoms with Crippen molar-refractivity contribution >= 4 is 29.3 Å². The second-order valence-electron chi connectivity index (χ2n) is 5.48. The van der Waals surface area contributed by atoms with Crippen LogP contribution < -0.4 is 5.32 Å². The Balaban J connectivity index is 1.91. The summed E-state index contributed by atoms with van der Waals surface area (Å²) in [6, 6.07) is 6.95. The molecule has 0 unspecified atom stereocenters. The molecule has 0 radical (unpaired) electrons. The smallest absolute Gasteiger partial charge is 0.253 e. The lowest BCUT2D eigenvalue weighted by molar-refractivity contribution is -0.113. The monoisotopic (exact) mass is 361 g/mol. The maximum absolute atomic E-state index is 12.3. The predicted molar refractivity (Wildman–Crippen MR) is 98.8 cm³/mol. The summed E-state index contributed by atoms with van der Waals surface area (Å²) in [7, 11) is 1.86. The molecule has 1 N–H and O–H groups in total. The average molecular weight is 361 g/mol. The van der Waals surface area contributed by atoms with Gasteiger partial charge in [-0.1, -0.05) is 11.8 Å². The lowest BCUT2D eigenvalue weighted by atomic mass is 10.2. The molecule has 2 amide bonds. The van der Waals surface area contributed by atoms with Gasteiger partial charge in [-0.2, -0.15) is 0 Å². The first kappa shape index (κ1) is 19.0. The van der Waals surface area contributed by atoms with E-state index < -0.39 is 0 Å². The molecule has 2 rings (SSSR count). The zero-order valence-electron chi connectivity index (χ0n) is 14.9. The minimum absolute atomic E-state index is 0.00363. The van der Waals surface area contributed by atoms with Gasteiger partial charge >= 0.3 is 0 Å². The fourth-order valence-electron chi connectivity index (χ4n) is 2.23. The Morgan fingerprint density at radius 2 is 1.80 bits per heavy atom. The van der Waals surface area contributed by atoms with Gasteiger partial charge in [0.1, 0.15) is 5.82 Å². The van der Waals surface area contributed by atoms with Crippen molar-refractivity contribution in [1.82, 2.24) is 19.7 Å². The highest BCUT2D eigenvalue weighted by atomic mass is 32.2. The van der Waals surface area contributed by atoms with Crippen molar-refractivity contribution in [3.8, 4) is 0 Å². The fourth-order valence-corrected chi connectivity index (χ4v) is 2.99. The molecule has 25 heavy (non-hydrogen) atoms. The van der Waals surface area contributed by atoms with Crippen LogP contribution in [0.5, 0.6) is 0 Å². The van der Waals surface area contributed by atoms with Crippen molar-refractivity contribution < 1.29 is 9.59 Å². The molecule has 1 aromatic heterocycles. The van der Waals surface area contributed by atoms with E-state index in [1.807, 2.05) is 32.4 Å². The Hall–Kier alpha value is -2.35. The quantitative estimate of drug-likeness (QED) is 0.766. The van der Waals surface area contributed by atoms with Crippen LogP contribution >= 0.6 is 11.8 Å². The topological polar surface area (TPSA) is 80.1 Å². The fraction of sp³-hybridized carbons (Fsp3) is 0.412. The normalized spacial score (nSPS) is 10.6. The summed E-state index contributed by atoms with van der Waals surface area (Å²) in [5, 5.41) is 11.5. The number of aromatic nitrogens is 3. The van der Waals surface area contributed by atoms with E-state index in [1.165, 1.54) is 11.8 Å². The molecule has 8 heteroatoms. The Morgan fingerprint density at radius 1 is 1.16 bits per heavy atom. The number of rotatable bonds is 7. The molecule has 0 aliphatic carbocycles. The van der Waals surface area contributed by atoms with E-state index >= 15 is 0 Å². The van der Waals surface area contributed by atoms with E-state index in [2.05, 4.69) is 15.5 Å². The van der Waals surface area contributed by atoms with Gasteiger partial charge in [0.15, 0.2) is 5.16 Å². The Labute approximate surface area is 151 Å². The van der Waals surface area contributed by atoms with Gasteiger partial charge < -0.3 is 14.8 Å². The first-order chi connectivity index (χ1) is 12.0. The standard InChI is InChI=1S/C17H23N5O2S/c1-5-22(6-2)16(24)13-7-9-14(10-8-13)18-15(23)11-25-17-20-19-12(3)21(17)4/h7-10H,5-6,11H2,1-4H3,(H,18,23). The largest absolute Gasteiger partial charge is 0.339 e. The van der Waals surface area contributed by atoms with Crippen LogP contribution in [-0.2, 0) is 11.8 Å². The van der Waals surface area contributed by atoms with Gasteiger partial charge in [-0.25, -0.2) is 0 Å². The van der Waals surface area contributed by atoms with Crippen LogP contribution in [0.25, 0.3) is 0 Å². The minimum atomic E-state index is -0.131. The summed E-state index contributed by atoms with van der Waals surface area (Å²) in [5.74, 6) is 0.910. The van der Waals surface area contributed by atoms with E-state index in [0.717, 1.165) is 5.82 Å². The molecule has 0 saturated carbocycles. The SMILES string of the molecule is CCN(CC)C(=O)c1ccc(NC(=O)CSc2nnc(C)n2C)cc1. The third-order valence-electron chi connectivity index (χ3n) is 3.85. The molecular weight excluding hydrogens is 338 g/mol. The van der Waals surface area contributed by atoms with Crippen LogP contribution in [0, 0.1) is 6.92 Å². The van der Waals surface area contributed by atoms with Crippen LogP contribution in [0.1, 0.15) is 30.0 Å². The third-order valence-corrected chi connectivity index (χ3v) is 4.87. The second kappa shape index (κ2) is 8.66. The van der Waals surface area contributed by atoms with Crippen molar-refractivity contribution in [1.29, 1.82) is 0 Å². The number of carbonyl (C=O) groups is 2. The van der Waals surface area contributed by atoms with Gasteiger partial charge in [-0.15, -0.1) is 10.2 Å². The Morgan fingerprint density at radius 3 is 2.32 bits per heavy atom. The van der Waals surface area contributed by atoms with E-state index in [-0.39, 0.29) is 17.6 Å². The van der Waals surface area contributed by atoms with E-state index in [9.17, 15) is 9.59 Å². The summed E-state index contributed by atoms with van der Waals surface area (Å²) < 4.78 is 1.84. The van der Waals surface area contributed by atoms with Crippen LogP contribution in [0.3, 0.4) is 0 Å². The van der Waals surface area contributed by atoms with Gasteiger partial charge in [0.2, 0.25) is 5.91 Å². The molecule has 1 heterocycles. The molecule has 7 nitrogen and oxygen atoms in total. The van der Waals surface area contributed by atoms with Crippen molar-refractivity contribution in [2.24, 2.45) is 7.05 Å². The van der Waals surface area contributed by atoms with Crippen molar-refractivity contribution in [3.63, 3.8) is 0 Å². The number of benzene rings is 1. The molecule has 1 aromatic carbocycles. The van der Waals surface area contributed by atoms with Crippen LogP contribution in [0.2, 0.25) is 0 Å². The van der Waals surface area contributed by atoms with Gasteiger partial charge in [0, 0.05) is 31.4 Å². The number of aryl methyl sites for hydroxylation is 1. The van der Waals surface area contributed by atoms with Crippen LogP contribution in [-0.4, -0.2) is 50.3 Å². The van der Waals surface area contributed by atoms with E-state index in [1.54, 1.807) is 29.2 Å². The summed E-state index contributed by atoms with van der Waals surface area (Å²) in [6.07, 6.45) is 0. The van der Waals surface area contributed by atoms with Crippen molar-refractivity contribution in [3.05, 3.63) is 35.7 Å². The number of nitrogens with one attached hydrogen (secondary N) is 1. The Bertz CT molecular complexity index is 738. The van der Waals surface area contributed by atoms with Crippen molar-refractivity contribution in [2.45, 2.75) is 25.9 Å². The highest BCUT2D eigenvalue weighted by Crippen LogP contribution is 2.16. The molecule has 0 spiro atoms. The van der Waals surface area contributed by atoms with E-state index in [4.69, 9.17) is 0 Å². The molecule has 2 aromatic rings. The van der Waals surface area contributed by atoms with Gasteiger partial charge in [0.25, 0.3) is 5.91 Å². The molecule has 0 aliphatic heterocycles. The second-order valence-corrected chi connectivity index (χ2v) is 6.42. The zero-order chi connectivity index (χ0) is 18.4. The lowest BCUT2D eigenvalue weighted by Crippen LogP contribution is -2.30.